The van der Waals surface area contributed by atoms with Gasteiger partial charge in [0.2, 0.25) is 0 Å². The number of carbonyl (C=O) groups excluding carboxylic acids is 1. The summed E-state index contributed by atoms with van der Waals surface area (Å²) in [4.78, 5) is 10.7. The standard InChI is InChI=1S/C6H8O3S/c1-4(10)6(7)9-3-5-2-8-5/h5,10H,1-3H2. The van der Waals surface area contributed by atoms with Gasteiger partial charge in [-0.15, -0.1) is 12.6 Å². The number of hydrogen-bond donors (Lipinski definition) is 1. The van der Waals surface area contributed by atoms with E-state index < -0.39 is 5.97 Å². The molecule has 0 aromatic heterocycles. The van der Waals surface area contributed by atoms with Crippen molar-refractivity contribution in [3.8, 4) is 0 Å². The molecule has 0 N–H and O–H groups in total. The number of carbonyl (C=O) groups is 1. The van der Waals surface area contributed by atoms with Gasteiger partial charge >= 0.3 is 5.97 Å². The lowest BCUT2D eigenvalue weighted by molar-refractivity contribution is -0.138. The first-order valence-corrected chi connectivity index (χ1v) is 3.31. The highest BCUT2D eigenvalue weighted by Crippen LogP contribution is 2.10. The minimum atomic E-state index is -0.473. The fourth-order valence-corrected chi connectivity index (χ4v) is 0.481. The lowest BCUT2D eigenvalue weighted by atomic mass is 10.5. The van der Waals surface area contributed by atoms with Crippen molar-refractivity contribution >= 4 is 18.6 Å². The summed E-state index contributed by atoms with van der Waals surface area (Å²) in [5.41, 5.74) is 0. The van der Waals surface area contributed by atoms with Gasteiger partial charge in [-0.05, 0) is 0 Å². The summed E-state index contributed by atoms with van der Waals surface area (Å²) in [6.45, 7) is 4.31. The maximum atomic E-state index is 10.6. The van der Waals surface area contributed by atoms with Crippen molar-refractivity contribution in [2.75, 3.05) is 13.2 Å². The van der Waals surface area contributed by atoms with E-state index in [1.54, 1.807) is 0 Å². The largest absolute Gasteiger partial charge is 0.459 e. The first-order chi connectivity index (χ1) is 4.70. The number of ether oxygens (including phenoxy) is 2. The molecule has 1 saturated heterocycles. The molecule has 4 heteroatoms. The molecule has 1 aliphatic heterocycles. The number of esters is 1. The summed E-state index contributed by atoms with van der Waals surface area (Å²) in [5.74, 6) is -0.473. The molecule has 0 amide bonds. The lowest BCUT2D eigenvalue weighted by Gasteiger charge is -1.98. The maximum Gasteiger partial charge on any atom is 0.343 e. The van der Waals surface area contributed by atoms with Crippen LogP contribution in [0.1, 0.15) is 0 Å². The predicted molar refractivity (Wildman–Crippen MR) is 38.8 cm³/mol. The van der Waals surface area contributed by atoms with Gasteiger partial charge in [0.25, 0.3) is 0 Å². The quantitative estimate of drug-likeness (QED) is 0.280. The van der Waals surface area contributed by atoms with Crippen molar-refractivity contribution < 1.29 is 14.3 Å². The molecule has 0 aliphatic carbocycles. The normalized spacial score (nSPS) is 21.9. The van der Waals surface area contributed by atoms with Crippen LogP contribution in [0.2, 0.25) is 0 Å². The van der Waals surface area contributed by atoms with E-state index in [-0.39, 0.29) is 11.0 Å². The van der Waals surface area contributed by atoms with Crippen LogP contribution < -0.4 is 0 Å². The molecule has 1 unspecified atom stereocenters. The van der Waals surface area contributed by atoms with Crippen LogP contribution in [-0.4, -0.2) is 25.3 Å². The Morgan fingerprint density at radius 3 is 2.90 bits per heavy atom. The van der Waals surface area contributed by atoms with Gasteiger partial charge in [-0.1, -0.05) is 6.58 Å². The second kappa shape index (κ2) is 3.07. The van der Waals surface area contributed by atoms with E-state index >= 15 is 0 Å². The minimum absolute atomic E-state index is 0.108. The highest BCUT2D eigenvalue weighted by atomic mass is 32.1. The van der Waals surface area contributed by atoms with Crippen LogP contribution >= 0.6 is 12.6 Å². The molecule has 0 saturated carbocycles. The van der Waals surface area contributed by atoms with Gasteiger partial charge in [-0.25, -0.2) is 4.79 Å². The molecule has 0 spiro atoms. The van der Waals surface area contributed by atoms with E-state index in [0.717, 1.165) is 0 Å². The van der Waals surface area contributed by atoms with Gasteiger partial charge in [0, 0.05) is 0 Å². The average molecular weight is 160 g/mol. The first kappa shape index (κ1) is 7.63. The Morgan fingerprint density at radius 2 is 2.50 bits per heavy atom. The Kier molecular flexibility index (Phi) is 2.34. The van der Waals surface area contributed by atoms with Gasteiger partial charge < -0.3 is 9.47 Å². The number of hydrogen-bond acceptors (Lipinski definition) is 4. The van der Waals surface area contributed by atoms with E-state index in [4.69, 9.17) is 4.74 Å². The highest BCUT2D eigenvalue weighted by molar-refractivity contribution is 7.85. The molecule has 0 aromatic carbocycles. The third-order valence-electron chi connectivity index (χ3n) is 1.04. The minimum Gasteiger partial charge on any atom is -0.459 e. The Balaban J connectivity index is 2.11. The predicted octanol–water partition coefficient (Wildman–Crippen LogP) is 0.372. The van der Waals surface area contributed by atoms with Crippen LogP contribution in [0.4, 0.5) is 0 Å². The zero-order chi connectivity index (χ0) is 7.56. The monoisotopic (exact) mass is 160 g/mol. The summed E-state index contributed by atoms with van der Waals surface area (Å²) in [5, 5.41) is 0. The van der Waals surface area contributed by atoms with Gasteiger partial charge in [-0.2, -0.15) is 0 Å². The molecule has 0 bridgehead atoms. The third-order valence-corrected chi connectivity index (χ3v) is 1.22. The van der Waals surface area contributed by atoms with Crippen LogP contribution in [-0.2, 0) is 14.3 Å². The molecular weight excluding hydrogens is 152 g/mol. The number of thiol groups is 1. The van der Waals surface area contributed by atoms with Crippen LogP contribution in [0, 0.1) is 0 Å². The molecule has 1 fully saturated rings. The van der Waals surface area contributed by atoms with Gasteiger partial charge in [0.05, 0.1) is 11.5 Å². The second-order valence-electron chi connectivity index (χ2n) is 2.00. The fourth-order valence-electron chi connectivity index (χ4n) is 0.416. The summed E-state index contributed by atoms with van der Waals surface area (Å²) in [6.07, 6.45) is 0.108. The molecule has 1 atom stereocenters. The maximum absolute atomic E-state index is 10.6. The van der Waals surface area contributed by atoms with E-state index in [1.807, 2.05) is 0 Å². The second-order valence-corrected chi connectivity index (χ2v) is 2.54. The van der Waals surface area contributed by atoms with Crippen molar-refractivity contribution in [3.05, 3.63) is 11.5 Å². The molecule has 1 aliphatic rings. The van der Waals surface area contributed by atoms with E-state index in [0.29, 0.717) is 13.2 Å². The zero-order valence-corrected chi connectivity index (χ0v) is 6.27. The van der Waals surface area contributed by atoms with Crippen molar-refractivity contribution in [2.45, 2.75) is 6.10 Å². The van der Waals surface area contributed by atoms with Crippen molar-refractivity contribution in [1.29, 1.82) is 0 Å². The van der Waals surface area contributed by atoms with E-state index in [9.17, 15) is 4.79 Å². The van der Waals surface area contributed by atoms with Crippen LogP contribution in [0.25, 0.3) is 0 Å². The van der Waals surface area contributed by atoms with Crippen LogP contribution in [0.15, 0.2) is 11.5 Å². The molecule has 56 valence electrons. The number of rotatable bonds is 3. The van der Waals surface area contributed by atoms with Crippen molar-refractivity contribution in [2.24, 2.45) is 0 Å². The summed E-state index contributed by atoms with van der Waals surface area (Å²) in [7, 11) is 0. The Hall–Kier alpha value is -0.480. The molecule has 0 aromatic rings. The van der Waals surface area contributed by atoms with Crippen molar-refractivity contribution in [1.82, 2.24) is 0 Å². The Bertz CT molecular complexity index is 162. The average Bonchev–Trinajstić information content (AvgIpc) is 2.64. The van der Waals surface area contributed by atoms with E-state index in [2.05, 4.69) is 23.9 Å². The SMILES string of the molecule is C=C(S)C(=O)OCC1CO1. The Labute approximate surface area is 64.4 Å². The number of epoxide rings is 1. The Morgan fingerprint density at radius 1 is 1.90 bits per heavy atom. The molecule has 0 radical (unpaired) electrons. The topological polar surface area (TPSA) is 38.8 Å². The highest BCUT2D eigenvalue weighted by Gasteiger charge is 2.24. The lowest BCUT2D eigenvalue weighted by Crippen LogP contribution is -2.08. The zero-order valence-electron chi connectivity index (χ0n) is 5.37. The smallest absolute Gasteiger partial charge is 0.343 e. The summed E-state index contributed by atoms with van der Waals surface area (Å²) >= 11 is 3.71. The van der Waals surface area contributed by atoms with Crippen LogP contribution in [0.5, 0.6) is 0 Å². The summed E-state index contributed by atoms with van der Waals surface area (Å²) in [6, 6.07) is 0. The molecule has 1 heterocycles. The first-order valence-electron chi connectivity index (χ1n) is 2.86. The van der Waals surface area contributed by atoms with Crippen LogP contribution in [0.3, 0.4) is 0 Å². The molecule has 10 heavy (non-hydrogen) atoms. The van der Waals surface area contributed by atoms with Gasteiger partial charge in [-0.3, -0.25) is 0 Å². The van der Waals surface area contributed by atoms with E-state index in [1.165, 1.54) is 0 Å². The molecular formula is C6H8O3S. The van der Waals surface area contributed by atoms with Gasteiger partial charge in [0.15, 0.2) is 0 Å². The third kappa shape index (κ3) is 2.41. The molecule has 3 nitrogen and oxygen atoms in total. The fraction of sp³-hybridized carbons (Fsp3) is 0.500. The summed E-state index contributed by atoms with van der Waals surface area (Å²) < 4.78 is 9.49. The van der Waals surface area contributed by atoms with Gasteiger partial charge in [0.1, 0.15) is 12.7 Å². The van der Waals surface area contributed by atoms with Crippen molar-refractivity contribution in [3.63, 3.8) is 0 Å². The molecule has 1 rings (SSSR count).